The first-order chi connectivity index (χ1) is 44.1. The number of thiophene rings is 2. The minimum absolute atomic E-state index is 0.862. The predicted octanol–water partition coefficient (Wildman–Crippen LogP) is 25.3. The molecule has 0 N–H and O–H groups in total. The Hall–Kier alpha value is -10.7. The van der Waals surface area contributed by atoms with Gasteiger partial charge >= 0.3 is 0 Å². The van der Waals surface area contributed by atoms with Crippen molar-refractivity contribution in [2.24, 2.45) is 0 Å². The first kappa shape index (κ1) is 52.6. The van der Waals surface area contributed by atoms with E-state index in [9.17, 15) is 0 Å². The first-order valence-corrected chi connectivity index (χ1v) is 32.3. The molecule has 2 heteroatoms. The number of fused-ring (bicyclic) bond motifs is 9. The summed E-state index contributed by atoms with van der Waals surface area (Å²) in [5.41, 5.74) is 29.3. The van der Waals surface area contributed by atoms with Crippen molar-refractivity contribution in [2.75, 3.05) is 0 Å². The van der Waals surface area contributed by atoms with Crippen molar-refractivity contribution < 1.29 is 0 Å². The smallest absolute Gasteiger partial charge is 0.0434 e. The van der Waals surface area contributed by atoms with E-state index in [-0.39, 0.29) is 0 Å². The number of hydrogen-bond acceptors (Lipinski definition) is 2. The van der Waals surface area contributed by atoms with Gasteiger partial charge in [-0.15, -0.1) is 22.7 Å². The molecule has 0 bridgehead atoms. The molecule has 2 aromatic heterocycles. The minimum atomic E-state index is 0.862. The molecule has 1 aliphatic rings. The minimum Gasteiger partial charge on any atom is -0.135 e. The molecule has 89 heavy (non-hydrogen) atoms. The Balaban J connectivity index is 0.869. The fourth-order valence-corrected chi connectivity index (χ4v) is 16.2. The lowest BCUT2D eigenvalue weighted by Gasteiger charge is -2.18. The molecular formula is C87H56S2. The van der Waals surface area contributed by atoms with Crippen LogP contribution in [0.4, 0.5) is 0 Å². The SMILES string of the molecule is C1=Cc2c(-c3cccc(-c4cc(-c5ccccc5)cc5c4sc4c(-c6cccc(-c7cc(-c8ccccc8)cc8c7sc7ccc(-c9ccccc9)cc78)c6)cc(-c6ccccc6)cc45)c3)cc(-c3ccccc3)cc2-c2cc(-c3ccccc3)ccc2C1. The summed E-state index contributed by atoms with van der Waals surface area (Å²) in [4.78, 5) is 0. The molecule has 0 fully saturated rings. The van der Waals surface area contributed by atoms with Gasteiger partial charge in [0.05, 0.1) is 0 Å². The lowest BCUT2D eigenvalue weighted by Crippen LogP contribution is -1.94. The lowest BCUT2D eigenvalue weighted by atomic mass is 9.85. The van der Waals surface area contributed by atoms with Gasteiger partial charge in [-0.3, -0.25) is 0 Å². The second-order valence-electron chi connectivity index (χ2n) is 23.4. The highest BCUT2D eigenvalue weighted by molar-refractivity contribution is 7.27. The predicted molar refractivity (Wildman–Crippen MR) is 385 cm³/mol. The summed E-state index contributed by atoms with van der Waals surface area (Å²) >= 11 is 3.83. The van der Waals surface area contributed by atoms with Gasteiger partial charge in [-0.25, -0.2) is 0 Å². The van der Waals surface area contributed by atoms with Crippen molar-refractivity contribution >= 4 is 69.1 Å². The fourth-order valence-electron chi connectivity index (χ4n) is 13.6. The average Bonchev–Trinajstić information content (AvgIpc) is 1.72. The maximum Gasteiger partial charge on any atom is 0.0434 e. The Labute approximate surface area is 526 Å². The van der Waals surface area contributed by atoms with Crippen LogP contribution in [0.5, 0.6) is 0 Å². The van der Waals surface area contributed by atoms with Crippen LogP contribution >= 0.6 is 22.7 Å². The third-order valence-electron chi connectivity index (χ3n) is 18.1. The first-order valence-electron chi connectivity index (χ1n) is 30.7. The van der Waals surface area contributed by atoms with E-state index >= 15 is 0 Å². The van der Waals surface area contributed by atoms with Crippen molar-refractivity contribution in [3.8, 4) is 122 Å². The Morgan fingerprint density at radius 3 is 0.989 bits per heavy atom. The van der Waals surface area contributed by atoms with Gasteiger partial charge in [-0.1, -0.05) is 249 Å². The van der Waals surface area contributed by atoms with Gasteiger partial charge in [0.1, 0.15) is 0 Å². The molecule has 0 spiro atoms. The van der Waals surface area contributed by atoms with E-state index in [2.05, 4.69) is 328 Å². The normalized spacial score (nSPS) is 12.0. The van der Waals surface area contributed by atoms with Crippen LogP contribution in [-0.4, -0.2) is 0 Å². The molecule has 0 aliphatic heterocycles. The van der Waals surface area contributed by atoms with Gasteiger partial charge in [0.2, 0.25) is 0 Å². The third-order valence-corrected chi connectivity index (χ3v) is 20.6. The van der Waals surface area contributed by atoms with E-state index in [1.807, 2.05) is 22.7 Å². The molecular weight excluding hydrogens is 1110 g/mol. The molecule has 0 saturated heterocycles. The number of hydrogen-bond donors (Lipinski definition) is 0. The topological polar surface area (TPSA) is 0 Å². The van der Waals surface area contributed by atoms with Crippen LogP contribution in [0.15, 0.2) is 322 Å². The van der Waals surface area contributed by atoms with Crippen LogP contribution in [0.25, 0.3) is 169 Å². The molecule has 1 aliphatic carbocycles. The summed E-state index contributed by atoms with van der Waals surface area (Å²) in [6, 6.07) is 118. The summed E-state index contributed by atoms with van der Waals surface area (Å²) < 4.78 is 5.14. The zero-order valence-electron chi connectivity index (χ0n) is 48.7. The Kier molecular flexibility index (Phi) is 13.1. The lowest BCUT2D eigenvalue weighted by molar-refractivity contribution is 1.29. The maximum atomic E-state index is 2.46. The highest BCUT2D eigenvalue weighted by Gasteiger charge is 2.23. The van der Waals surface area contributed by atoms with E-state index < -0.39 is 0 Å². The summed E-state index contributed by atoms with van der Waals surface area (Å²) in [5.74, 6) is 0. The van der Waals surface area contributed by atoms with E-state index in [1.165, 1.54) is 174 Å². The molecule has 0 saturated carbocycles. The molecule has 14 aromatic carbocycles. The van der Waals surface area contributed by atoms with E-state index in [0.29, 0.717) is 0 Å². The zero-order valence-corrected chi connectivity index (χ0v) is 50.3. The van der Waals surface area contributed by atoms with Crippen LogP contribution in [-0.2, 0) is 6.42 Å². The van der Waals surface area contributed by atoms with Crippen LogP contribution in [0.1, 0.15) is 11.1 Å². The highest BCUT2D eigenvalue weighted by atomic mass is 32.1. The Morgan fingerprint density at radius 2 is 0.528 bits per heavy atom. The standard InChI is InChI=1S/C87H56S2/c1-7-22-56(23-8-1)63-41-40-62-34-21-39-73-75(48-69(52-79(73)74(62)46-63)58-26-11-3-12-27-58)65-35-19-36-66(44-65)77-50-71(60-30-15-5-16-31-60)54-82-83-55-72(61-32-17-6-18-33-61)51-78(87(83)89-86(77)82)68-38-20-37-67(45-68)76-49-70(59-28-13-4-14-29-59)53-81-80-47-64(57-24-9-2-10-25-57)42-43-84(80)88-85(76)81/h1-33,35-55H,34H2. The molecule has 0 amide bonds. The number of benzene rings is 14. The molecule has 16 aromatic rings. The molecule has 0 atom stereocenters. The van der Waals surface area contributed by atoms with E-state index in [1.54, 1.807) is 0 Å². The van der Waals surface area contributed by atoms with Gasteiger partial charge in [-0.05, 0) is 202 Å². The Bertz CT molecular complexity index is 5400. The fraction of sp³-hybridized carbons (Fsp3) is 0.0115. The van der Waals surface area contributed by atoms with E-state index in [4.69, 9.17) is 0 Å². The quantitative estimate of drug-likeness (QED) is 0.128. The van der Waals surface area contributed by atoms with Gasteiger partial charge in [0.25, 0.3) is 0 Å². The van der Waals surface area contributed by atoms with Crippen molar-refractivity contribution in [1.29, 1.82) is 0 Å². The summed E-state index contributed by atoms with van der Waals surface area (Å²) in [6.07, 6.45) is 5.60. The summed E-state index contributed by atoms with van der Waals surface area (Å²) in [7, 11) is 0. The molecule has 2 heterocycles. The van der Waals surface area contributed by atoms with Crippen molar-refractivity contribution in [2.45, 2.75) is 6.42 Å². The van der Waals surface area contributed by atoms with Crippen LogP contribution in [0, 0.1) is 0 Å². The van der Waals surface area contributed by atoms with E-state index in [0.717, 1.165) is 6.42 Å². The Morgan fingerprint density at radius 1 is 0.202 bits per heavy atom. The van der Waals surface area contributed by atoms with Gasteiger partial charge < -0.3 is 0 Å². The second kappa shape index (κ2) is 22.2. The monoisotopic (exact) mass is 1160 g/mol. The molecule has 0 radical (unpaired) electrons. The second-order valence-corrected chi connectivity index (χ2v) is 25.5. The molecule has 17 rings (SSSR count). The summed E-state index contributed by atoms with van der Waals surface area (Å²) in [5, 5.41) is 5.09. The maximum absolute atomic E-state index is 2.46. The largest absolute Gasteiger partial charge is 0.135 e. The molecule has 0 unspecified atom stereocenters. The molecule has 416 valence electrons. The summed E-state index contributed by atoms with van der Waals surface area (Å²) in [6.45, 7) is 0. The van der Waals surface area contributed by atoms with Crippen LogP contribution < -0.4 is 0 Å². The highest BCUT2D eigenvalue weighted by Crippen LogP contribution is 2.51. The number of rotatable bonds is 10. The van der Waals surface area contributed by atoms with Crippen molar-refractivity contribution in [3.63, 3.8) is 0 Å². The third kappa shape index (κ3) is 9.62. The van der Waals surface area contributed by atoms with Gasteiger partial charge in [0.15, 0.2) is 0 Å². The zero-order chi connectivity index (χ0) is 58.8. The van der Waals surface area contributed by atoms with Crippen LogP contribution in [0.2, 0.25) is 0 Å². The van der Waals surface area contributed by atoms with Crippen LogP contribution in [0.3, 0.4) is 0 Å². The molecule has 0 nitrogen and oxygen atoms in total. The average molecular weight is 1170 g/mol. The van der Waals surface area contributed by atoms with Gasteiger partial charge in [0, 0.05) is 57.0 Å². The van der Waals surface area contributed by atoms with Crippen molar-refractivity contribution in [1.82, 2.24) is 0 Å². The van der Waals surface area contributed by atoms with Crippen molar-refractivity contribution in [3.05, 3.63) is 333 Å². The van der Waals surface area contributed by atoms with Gasteiger partial charge in [-0.2, -0.15) is 0 Å². The number of allylic oxidation sites excluding steroid dienone is 1.